The number of aliphatic hydroxyl groups is 2. The van der Waals surface area contributed by atoms with Crippen molar-refractivity contribution in [1.29, 1.82) is 0 Å². The van der Waals surface area contributed by atoms with Crippen LogP contribution in [0.25, 0.3) is 0 Å². The Morgan fingerprint density at radius 1 is 1.17 bits per heavy atom. The normalized spacial score (nSPS) is 14.8. The Kier molecular flexibility index (Phi) is 7.73. The lowest BCUT2D eigenvalue weighted by molar-refractivity contribution is -0.118. The zero-order chi connectivity index (χ0) is 14.2. The molecule has 0 saturated heterocycles. The van der Waals surface area contributed by atoms with Crippen LogP contribution >= 0.6 is 0 Å². The Morgan fingerprint density at radius 2 is 1.78 bits per heavy atom. The van der Waals surface area contributed by atoms with E-state index in [0.717, 1.165) is 6.92 Å². The molecule has 0 heterocycles. The zero-order valence-electron chi connectivity index (χ0n) is 10.3. The van der Waals surface area contributed by atoms with Gasteiger partial charge in [0.25, 0.3) is 11.8 Å². The van der Waals surface area contributed by atoms with Crippen LogP contribution in [0.2, 0.25) is 0 Å². The van der Waals surface area contributed by atoms with Gasteiger partial charge in [0.15, 0.2) is 0 Å². The average molecular weight is 276 g/mol. The summed E-state index contributed by atoms with van der Waals surface area (Å²) in [6.07, 6.45) is -3.87. The lowest BCUT2D eigenvalue weighted by Gasteiger charge is -2.22. The highest BCUT2D eigenvalue weighted by atomic mass is 19.3. The number of hydrogen-bond donors (Lipinski definition) is 2. The standard InChI is InChI=1S/C11H20F4O3/c1-2-10(12,13)8-11(14,15)4-3-5-18-7-9(17)6-16/h9,16-17H,2-8H2,1H3. The van der Waals surface area contributed by atoms with Crippen LogP contribution in [0.4, 0.5) is 17.6 Å². The van der Waals surface area contributed by atoms with Crippen molar-refractivity contribution in [3.05, 3.63) is 0 Å². The van der Waals surface area contributed by atoms with Crippen molar-refractivity contribution in [3.8, 4) is 0 Å². The second-order valence-electron chi connectivity index (χ2n) is 4.26. The molecule has 0 aromatic heterocycles. The third-order valence-electron chi connectivity index (χ3n) is 2.39. The van der Waals surface area contributed by atoms with Gasteiger partial charge in [-0.1, -0.05) is 6.92 Å². The molecule has 0 aromatic rings. The summed E-state index contributed by atoms with van der Waals surface area (Å²) in [5, 5.41) is 17.3. The van der Waals surface area contributed by atoms with Crippen LogP contribution in [0.5, 0.6) is 0 Å². The smallest absolute Gasteiger partial charge is 0.254 e. The van der Waals surface area contributed by atoms with Crippen molar-refractivity contribution in [2.45, 2.75) is 50.6 Å². The maximum Gasteiger partial charge on any atom is 0.254 e. The zero-order valence-corrected chi connectivity index (χ0v) is 10.3. The minimum Gasteiger partial charge on any atom is -0.394 e. The minimum absolute atomic E-state index is 0.0651. The van der Waals surface area contributed by atoms with Gasteiger partial charge in [-0.2, -0.15) is 0 Å². The van der Waals surface area contributed by atoms with E-state index in [-0.39, 0.29) is 19.6 Å². The van der Waals surface area contributed by atoms with Gasteiger partial charge in [-0.05, 0) is 6.42 Å². The summed E-state index contributed by atoms with van der Waals surface area (Å²) < 4.78 is 56.7. The van der Waals surface area contributed by atoms with Crippen LogP contribution in [0.3, 0.4) is 0 Å². The van der Waals surface area contributed by atoms with Gasteiger partial charge in [0.1, 0.15) is 6.10 Å². The first kappa shape index (κ1) is 17.6. The molecule has 18 heavy (non-hydrogen) atoms. The van der Waals surface area contributed by atoms with Gasteiger partial charge < -0.3 is 14.9 Å². The van der Waals surface area contributed by atoms with Gasteiger partial charge in [0.05, 0.1) is 19.6 Å². The highest BCUT2D eigenvalue weighted by Gasteiger charge is 2.41. The Labute approximate surface area is 104 Å². The molecule has 0 spiro atoms. The van der Waals surface area contributed by atoms with E-state index in [1.54, 1.807) is 0 Å². The van der Waals surface area contributed by atoms with Crippen LogP contribution in [-0.4, -0.2) is 48.0 Å². The van der Waals surface area contributed by atoms with Crippen molar-refractivity contribution in [1.82, 2.24) is 0 Å². The van der Waals surface area contributed by atoms with E-state index in [4.69, 9.17) is 14.9 Å². The predicted octanol–water partition coefficient (Wildman–Crippen LogP) is 2.21. The molecule has 0 radical (unpaired) electrons. The van der Waals surface area contributed by atoms with E-state index in [2.05, 4.69) is 0 Å². The SMILES string of the molecule is CCC(F)(F)CC(F)(F)CCCOCC(O)CO. The quantitative estimate of drug-likeness (QED) is 0.475. The average Bonchev–Trinajstić information content (AvgIpc) is 2.26. The maximum absolute atomic E-state index is 13.1. The number of hydrogen-bond acceptors (Lipinski definition) is 3. The van der Waals surface area contributed by atoms with E-state index >= 15 is 0 Å². The van der Waals surface area contributed by atoms with Crippen molar-refractivity contribution < 1.29 is 32.5 Å². The molecule has 1 atom stereocenters. The topological polar surface area (TPSA) is 49.7 Å². The number of rotatable bonds is 10. The van der Waals surface area contributed by atoms with E-state index in [9.17, 15) is 17.6 Å². The number of ether oxygens (including phenoxy) is 1. The molecule has 0 aromatic carbocycles. The lowest BCUT2D eigenvalue weighted by Crippen LogP contribution is -2.29. The highest BCUT2D eigenvalue weighted by molar-refractivity contribution is 4.76. The molecule has 3 nitrogen and oxygen atoms in total. The van der Waals surface area contributed by atoms with Crippen LogP contribution in [-0.2, 0) is 4.74 Å². The Hall–Kier alpha value is -0.400. The molecule has 0 rings (SSSR count). The number of aliphatic hydroxyl groups excluding tert-OH is 2. The third-order valence-corrected chi connectivity index (χ3v) is 2.39. The third kappa shape index (κ3) is 8.66. The van der Waals surface area contributed by atoms with Crippen molar-refractivity contribution in [2.75, 3.05) is 19.8 Å². The fourth-order valence-electron chi connectivity index (χ4n) is 1.30. The molecule has 0 fully saturated rings. The number of alkyl halides is 4. The van der Waals surface area contributed by atoms with Gasteiger partial charge in [0, 0.05) is 19.4 Å². The molecule has 0 aliphatic rings. The largest absolute Gasteiger partial charge is 0.394 e. The molecule has 7 heteroatoms. The van der Waals surface area contributed by atoms with Gasteiger partial charge >= 0.3 is 0 Å². The summed E-state index contributed by atoms with van der Waals surface area (Å²) in [6.45, 7) is 0.464. The van der Waals surface area contributed by atoms with Crippen LogP contribution in [0.1, 0.15) is 32.6 Å². The molecule has 1 unspecified atom stereocenters. The summed E-state index contributed by atoms with van der Waals surface area (Å²) in [5.41, 5.74) is 0. The van der Waals surface area contributed by atoms with Gasteiger partial charge in [-0.25, -0.2) is 17.6 Å². The monoisotopic (exact) mass is 276 g/mol. The molecular formula is C11H20F4O3. The van der Waals surface area contributed by atoms with E-state index < -0.39 is 43.8 Å². The first-order valence-corrected chi connectivity index (χ1v) is 5.85. The molecular weight excluding hydrogens is 256 g/mol. The van der Waals surface area contributed by atoms with Crippen LogP contribution in [0, 0.1) is 0 Å². The van der Waals surface area contributed by atoms with Gasteiger partial charge in [-0.15, -0.1) is 0 Å². The van der Waals surface area contributed by atoms with E-state index in [1.165, 1.54) is 0 Å². The summed E-state index contributed by atoms with van der Waals surface area (Å²) in [7, 11) is 0. The summed E-state index contributed by atoms with van der Waals surface area (Å²) >= 11 is 0. The fourth-order valence-corrected chi connectivity index (χ4v) is 1.30. The molecule has 0 amide bonds. The van der Waals surface area contributed by atoms with Crippen LogP contribution in [0.15, 0.2) is 0 Å². The molecule has 110 valence electrons. The molecule has 2 N–H and O–H groups in total. The Bertz CT molecular complexity index is 224. The number of halogens is 4. The van der Waals surface area contributed by atoms with Crippen molar-refractivity contribution >= 4 is 0 Å². The van der Waals surface area contributed by atoms with Gasteiger partial charge in [-0.3, -0.25) is 0 Å². The fraction of sp³-hybridized carbons (Fsp3) is 1.00. The second kappa shape index (κ2) is 7.91. The molecule has 0 saturated carbocycles. The predicted molar refractivity (Wildman–Crippen MR) is 57.9 cm³/mol. The molecule has 0 aliphatic carbocycles. The van der Waals surface area contributed by atoms with E-state index in [1.807, 2.05) is 0 Å². The van der Waals surface area contributed by atoms with Crippen LogP contribution < -0.4 is 0 Å². The first-order valence-electron chi connectivity index (χ1n) is 5.85. The first-order chi connectivity index (χ1) is 8.22. The lowest BCUT2D eigenvalue weighted by atomic mass is 10.0. The highest BCUT2D eigenvalue weighted by Crippen LogP contribution is 2.35. The molecule has 0 bridgehead atoms. The Morgan fingerprint density at radius 3 is 2.28 bits per heavy atom. The summed E-state index contributed by atoms with van der Waals surface area (Å²) in [6, 6.07) is 0. The van der Waals surface area contributed by atoms with Gasteiger partial charge in [0.2, 0.25) is 0 Å². The second-order valence-corrected chi connectivity index (χ2v) is 4.26. The van der Waals surface area contributed by atoms with E-state index in [0.29, 0.717) is 0 Å². The van der Waals surface area contributed by atoms with Crippen molar-refractivity contribution in [2.24, 2.45) is 0 Å². The summed E-state index contributed by atoms with van der Waals surface area (Å²) in [5.74, 6) is -6.77. The Balaban J connectivity index is 3.77. The van der Waals surface area contributed by atoms with Crippen molar-refractivity contribution in [3.63, 3.8) is 0 Å². The molecule has 0 aliphatic heterocycles. The summed E-state index contributed by atoms with van der Waals surface area (Å²) in [4.78, 5) is 0. The maximum atomic E-state index is 13.1. The minimum atomic E-state index is -3.42.